The second-order valence-electron chi connectivity index (χ2n) is 4.32. The number of hydrogen-bond donors (Lipinski definition) is 0. The number of rotatable bonds is 5. The molecule has 1 aliphatic heterocycles. The van der Waals surface area contributed by atoms with Gasteiger partial charge in [-0.1, -0.05) is 23.7 Å². The lowest BCUT2D eigenvalue weighted by atomic mass is 10.1. The number of ether oxygens (including phenoxy) is 1. The van der Waals surface area contributed by atoms with Crippen LogP contribution in [0, 0.1) is 0 Å². The summed E-state index contributed by atoms with van der Waals surface area (Å²) in [7, 11) is -1.16. The van der Waals surface area contributed by atoms with Gasteiger partial charge in [0.25, 0.3) is 0 Å². The highest BCUT2D eigenvalue weighted by Crippen LogP contribution is 2.14. The quantitative estimate of drug-likeness (QED) is 0.781. The molecule has 2 atom stereocenters. The number of benzene rings is 1. The highest BCUT2D eigenvalue weighted by atomic mass is 35.5. The Kier molecular flexibility index (Phi) is 4.92. The average Bonchev–Trinajstić information content (AvgIpc) is 2.81. The molecule has 0 saturated carbocycles. The fourth-order valence-electron chi connectivity index (χ4n) is 1.93. The van der Waals surface area contributed by atoms with E-state index in [0.717, 1.165) is 19.4 Å². The van der Waals surface area contributed by atoms with Gasteiger partial charge in [-0.05, 0) is 25.0 Å². The smallest absolute Gasteiger partial charge is 0.175 e. The molecule has 1 aromatic carbocycles. The van der Waals surface area contributed by atoms with Crippen molar-refractivity contribution < 1.29 is 13.7 Å². The fraction of sp³-hybridized carbons (Fsp3) is 0.462. The molecule has 1 aliphatic rings. The van der Waals surface area contributed by atoms with E-state index in [4.69, 9.17) is 16.3 Å². The summed E-state index contributed by atoms with van der Waals surface area (Å²) in [5, 5.41) is 0.519. The van der Waals surface area contributed by atoms with Crippen LogP contribution in [-0.2, 0) is 15.5 Å². The van der Waals surface area contributed by atoms with Gasteiger partial charge in [0.1, 0.15) is 0 Å². The largest absolute Gasteiger partial charge is 0.377 e. The van der Waals surface area contributed by atoms with Crippen molar-refractivity contribution in [3.63, 3.8) is 0 Å². The highest BCUT2D eigenvalue weighted by molar-refractivity contribution is 7.85. The minimum Gasteiger partial charge on any atom is -0.377 e. The summed E-state index contributed by atoms with van der Waals surface area (Å²) in [4.78, 5) is 11.9. The van der Waals surface area contributed by atoms with Crippen LogP contribution in [0.15, 0.2) is 24.3 Å². The standard InChI is InChI=1S/C13H15ClO3S/c14-11-4-1-3-10(7-11)13(15)9-18(16)8-12-5-2-6-17-12/h1,3-4,7,12H,2,5-6,8-9H2. The number of hydrogen-bond acceptors (Lipinski definition) is 3. The molecule has 0 aromatic heterocycles. The molecule has 1 aromatic rings. The summed E-state index contributed by atoms with van der Waals surface area (Å²) in [5.41, 5.74) is 0.517. The van der Waals surface area contributed by atoms with Crippen molar-refractivity contribution in [2.75, 3.05) is 18.1 Å². The van der Waals surface area contributed by atoms with Crippen LogP contribution in [-0.4, -0.2) is 34.2 Å². The number of Topliss-reactive ketones (excluding diaryl/α,β-unsaturated/α-hetero) is 1. The molecule has 1 heterocycles. The van der Waals surface area contributed by atoms with Gasteiger partial charge in [0.05, 0.1) is 17.6 Å². The Bertz CT molecular complexity index is 455. The Morgan fingerprint density at radius 2 is 2.33 bits per heavy atom. The van der Waals surface area contributed by atoms with E-state index in [-0.39, 0.29) is 17.6 Å². The van der Waals surface area contributed by atoms with E-state index in [1.807, 2.05) is 0 Å². The Balaban J connectivity index is 1.88. The van der Waals surface area contributed by atoms with E-state index < -0.39 is 10.8 Å². The van der Waals surface area contributed by atoms with Crippen LogP contribution in [0.25, 0.3) is 0 Å². The van der Waals surface area contributed by atoms with Gasteiger partial charge < -0.3 is 4.74 Å². The summed E-state index contributed by atoms with van der Waals surface area (Å²) >= 11 is 5.81. The van der Waals surface area contributed by atoms with Crippen LogP contribution < -0.4 is 0 Å². The molecule has 1 fully saturated rings. The van der Waals surface area contributed by atoms with E-state index in [9.17, 15) is 9.00 Å². The van der Waals surface area contributed by atoms with Crippen LogP contribution in [0.3, 0.4) is 0 Å². The van der Waals surface area contributed by atoms with Gasteiger partial charge in [0.2, 0.25) is 0 Å². The normalized spacial score (nSPS) is 20.8. The SMILES string of the molecule is O=C(CS(=O)CC1CCCO1)c1cccc(Cl)c1. The first-order valence-electron chi connectivity index (χ1n) is 5.90. The molecule has 18 heavy (non-hydrogen) atoms. The highest BCUT2D eigenvalue weighted by Gasteiger charge is 2.20. The lowest BCUT2D eigenvalue weighted by molar-refractivity contribution is 0.102. The van der Waals surface area contributed by atoms with Crippen molar-refractivity contribution in [1.82, 2.24) is 0 Å². The second-order valence-corrected chi connectivity index (χ2v) is 6.26. The molecule has 0 bridgehead atoms. The van der Waals surface area contributed by atoms with Crippen molar-refractivity contribution in [2.24, 2.45) is 0 Å². The molecule has 3 nitrogen and oxygen atoms in total. The van der Waals surface area contributed by atoms with Crippen molar-refractivity contribution >= 4 is 28.2 Å². The molecule has 0 N–H and O–H groups in total. The Morgan fingerprint density at radius 1 is 1.50 bits per heavy atom. The van der Waals surface area contributed by atoms with E-state index in [1.54, 1.807) is 24.3 Å². The summed E-state index contributed by atoms with van der Waals surface area (Å²) in [6, 6.07) is 6.73. The van der Waals surface area contributed by atoms with Gasteiger partial charge in [-0.25, -0.2) is 0 Å². The molecule has 98 valence electrons. The predicted molar refractivity (Wildman–Crippen MR) is 72.6 cm³/mol. The third-order valence-electron chi connectivity index (χ3n) is 2.83. The predicted octanol–water partition coefficient (Wildman–Crippen LogP) is 2.45. The summed E-state index contributed by atoms with van der Waals surface area (Å²) in [6.45, 7) is 0.740. The number of carbonyl (C=O) groups excluding carboxylic acids is 1. The Labute approximate surface area is 114 Å². The molecular formula is C13H15ClO3S. The van der Waals surface area contributed by atoms with Crippen molar-refractivity contribution in [3.05, 3.63) is 34.9 Å². The fourth-order valence-corrected chi connectivity index (χ4v) is 3.38. The maximum Gasteiger partial charge on any atom is 0.175 e. The molecule has 5 heteroatoms. The first-order chi connectivity index (χ1) is 8.65. The van der Waals surface area contributed by atoms with Crippen LogP contribution in [0.4, 0.5) is 0 Å². The zero-order valence-electron chi connectivity index (χ0n) is 9.93. The average molecular weight is 287 g/mol. The van der Waals surface area contributed by atoms with Gasteiger partial charge in [-0.3, -0.25) is 9.00 Å². The zero-order chi connectivity index (χ0) is 13.0. The van der Waals surface area contributed by atoms with E-state index in [2.05, 4.69) is 0 Å². The lowest BCUT2D eigenvalue weighted by Crippen LogP contribution is -2.21. The molecule has 2 unspecified atom stereocenters. The number of carbonyl (C=O) groups is 1. The monoisotopic (exact) mass is 286 g/mol. The van der Waals surface area contributed by atoms with Gasteiger partial charge >= 0.3 is 0 Å². The van der Waals surface area contributed by atoms with Crippen LogP contribution in [0.2, 0.25) is 5.02 Å². The third-order valence-corrected chi connectivity index (χ3v) is 4.40. The second kappa shape index (κ2) is 6.45. The molecule has 0 spiro atoms. The topological polar surface area (TPSA) is 43.4 Å². The van der Waals surface area contributed by atoms with Gasteiger partial charge in [0, 0.05) is 28.0 Å². The summed E-state index contributed by atoms with van der Waals surface area (Å²) in [5.74, 6) is 0.362. The molecular weight excluding hydrogens is 272 g/mol. The summed E-state index contributed by atoms with van der Waals surface area (Å²) < 4.78 is 17.2. The van der Waals surface area contributed by atoms with E-state index >= 15 is 0 Å². The molecule has 0 aliphatic carbocycles. The minimum atomic E-state index is -1.16. The molecule has 2 rings (SSSR count). The first kappa shape index (κ1) is 13.7. The van der Waals surface area contributed by atoms with Gasteiger partial charge in [-0.2, -0.15) is 0 Å². The minimum absolute atomic E-state index is 0.0419. The van der Waals surface area contributed by atoms with Crippen LogP contribution in [0.1, 0.15) is 23.2 Å². The van der Waals surface area contributed by atoms with E-state index in [1.165, 1.54) is 0 Å². The van der Waals surface area contributed by atoms with Crippen LogP contribution >= 0.6 is 11.6 Å². The van der Waals surface area contributed by atoms with E-state index in [0.29, 0.717) is 16.3 Å². The van der Waals surface area contributed by atoms with Crippen LogP contribution in [0.5, 0.6) is 0 Å². The maximum absolute atomic E-state index is 11.9. The molecule has 0 amide bonds. The maximum atomic E-state index is 11.9. The third kappa shape index (κ3) is 3.90. The Hall–Kier alpha value is -0.710. The molecule has 0 radical (unpaired) electrons. The molecule has 1 saturated heterocycles. The van der Waals surface area contributed by atoms with Gasteiger partial charge in [0.15, 0.2) is 5.78 Å². The number of halogens is 1. The summed E-state index contributed by atoms with van der Waals surface area (Å²) in [6.07, 6.45) is 2.01. The first-order valence-corrected chi connectivity index (χ1v) is 7.77. The van der Waals surface area contributed by atoms with Gasteiger partial charge in [-0.15, -0.1) is 0 Å². The zero-order valence-corrected chi connectivity index (χ0v) is 11.5. The lowest BCUT2D eigenvalue weighted by Gasteiger charge is -2.08. The van der Waals surface area contributed by atoms with Crippen molar-refractivity contribution in [3.8, 4) is 0 Å². The van der Waals surface area contributed by atoms with Crippen molar-refractivity contribution in [2.45, 2.75) is 18.9 Å². The van der Waals surface area contributed by atoms with Crippen molar-refractivity contribution in [1.29, 1.82) is 0 Å². The Morgan fingerprint density at radius 3 is 3.00 bits per heavy atom. The number of ketones is 1.